The summed E-state index contributed by atoms with van der Waals surface area (Å²) >= 11 is 0. The molecule has 0 unspecified atom stereocenters. The molecule has 0 radical (unpaired) electrons. The molecule has 5 nitrogen and oxygen atoms in total. The monoisotopic (exact) mass is 342 g/mol. The minimum absolute atomic E-state index is 0.0922. The van der Waals surface area contributed by atoms with Gasteiger partial charge in [0.15, 0.2) is 0 Å². The fourth-order valence-electron chi connectivity index (χ4n) is 1.86. The molecule has 2 aromatic carbocycles. The second-order valence-electron chi connectivity index (χ2n) is 5.08. The normalized spacial score (nSPS) is 10.5. The summed E-state index contributed by atoms with van der Waals surface area (Å²) in [7, 11) is -3.57. The second kappa shape index (κ2) is 8.29. The van der Waals surface area contributed by atoms with E-state index in [9.17, 15) is 13.2 Å². The summed E-state index contributed by atoms with van der Waals surface area (Å²) in [6.45, 7) is 2.14. The molecular formula is C18H18N2O3S. The molecule has 24 heavy (non-hydrogen) atoms. The molecule has 0 aliphatic carbocycles. The van der Waals surface area contributed by atoms with Crippen LogP contribution in [-0.2, 0) is 14.8 Å². The predicted octanol–water partition coefficient (Wildman–Crippen LogP) is 1.44. The molecule has 0 aromatic heterocycles. The molecule has 0 atom stereocenters. The van der Waals surface area contributed by atoms with Crippen molar-refractivity contribution in [1.82, 2.24) is 10.0 Å². The van der Waals surface area contributed by atoms with Crippen molar-refractivity contribution in [2.24, 2.45) is 0 Å². The van der Waals surface area contributed by atoms with E-state index in [-0.39, 0.29) is 18.0 Å². The summed E-state index contributed by atoms with van der Waals surface area (Å²) < 4.78 is 26.5. The number of hydrogen-bond acceptors (Lipinski definition) is 3. The largest absolute Gasteiger partial charge is 0.344 e. The van der Waals surface area contributed by atoms with Crippen LogP contribution in [0.25, 0.3) is 0 Å². The average molecular weight is 342 g/mol. The van der Waals surface area contributed by atoms with Gasteiger partial charge < -0.3 is 5.32 Å². The van der Waals surface area contributed by atoms with Gasteiger partial charge in [0.1, 0.15) is 0 Å². The van der Waals surface area contributed by atoms with E-state index in [0.29, 0.717) is 0 Å². The first-order chi connectivity index (χ1) is 11.5. The lowest BCUT2D eigenvalue weighted by molar-refractivity contribution is -0.115. The number of sulfonamides is 1. The number of benzene rings is 2. The molecule has 0 spiro atoms. The number of amides is 1. The van der Waals surface area contributed by atoms with Crippen molar-refractivity contribution in [3.63, 3.8) is 0 Å². The van der Waals surface area contributed by atoms with E-state index in [1.807, 2.05) is 25.1 Å². The zero-order chi connectivity index (χ0) is 17.4. The highest BCUT2D eigenvalue weighted by Crippen LogP contribution is 2.09. The molecule has 124 valence electrons. The van der Waals surface area contributed by atoms with Crippen molar-refractivity contribution >= 4 is 15.9 Å². The Hall–Kier alpha value is -2.62. The van der Waals surface area contributed by atoms with E-state index in [1.165, 1.54) is 0 Å². The molecule has 6 heteroatoms. The van der Waals surface area contributed by atoms with E-state index < -0.39 is 15.9 Å². The van der Waals surface area contributed by atoms with Crippen LogP contribution in [0.5, 0.6) is 0 Å². The Morgan fingerprint density at radius 1 is 1.00 bits per heavy atom. The Bertz CT molecular complexity index is 849. The Labute approximate surface area is 142 Å². The third-order valence-corrected chi connectivity index (χ3v) is 4.61. The number of aryl methyl sites for hydroxylation is 1. The SMILES string of the molecule is Cc1ccc(S(=O)(=O)NCCNC(=O)C#Cc2ccccc2)cc1. The molecule has 0 bridgehead atoms. The quantitative estimate of drug-likeness (QED) is 0.638. The van der Waals surface area contributed by atoms with Crippen LogP contribution < -0.4 is 10.0 Å². The molecule has 1 amide bonds. The van der Waals surface area contributed by atoms with Crippen molar-refractivity contribution in [3.05, 3.63) is 65.7 Å². The van der Waals surface area contributed by atoms with Gasteiger partial charge in [0.25, 0.3) is 5.91 Å². The third-order valence-electron chi connectivity index (χ3n) is 3.13. The van der Waals surface area contributed by atoms with Gasteiger partial charge in [-0.1, -0.05) is 41.8 Å². The topological polar surface area (TPSA) is 75.3 Å². The van der Waals surface area contributed by atoms with Gasteiger partial charge >= 0.3 is 0 Å². The van der Waals surface area contributed by atoms with Crippen LogP contribution in [0, 0.1) is 18.8 Å². The number of carbonyl (C=O) groups is 1. The molecular weight excluding hydrogens is 324 g/mol. The molecule has 0 heterocycles. The first-order valence-corrected chi connectivity index (χ1v) is 8.87. The zero-order valence-electron chi connectivity index (χ0n) is 13.2. The molecule has 0 aliphatic rings. The Morgan fingerprint density at radius 3 is 2.33 bits per heavy atom. The van der Waals surface area contributed by atoms with Crippen LogP contribution in [0.3, 0.4) is 0 Å². The first-order valence-electron chi connectivity index (χ1n) is 7.38. The van der Waals surface area contributed by atoms with Crippen LogP contribution in [0.2, 0.25) is 0 Å². The van der Waals surface area contributed by atoms with Crippen LogP contribution in [0.1, 0.15) is 11.1 Å². The summed E-state index contributed by atoms with van der Waals surface area (Å²) in [5.74, 6) is 4.74. The minimum atomic E-state index is -3.57. The highest BCUT2D eigenvalue weighted by atomic mass is 32.2. The van der Waals surface area contributed by atoms with Crippen LogP contribution >= 0.6 is 0 Å². The van der Waals surface area contributed by atoms with Gasteiger partial charge in [-0.25, -0.2) is 13.1 Å². The van der Waals surface area contributed by atoms with Crippen molar-refractivity contribution in [1.29, 1.82) is 0 Å². The fraction of sp³-hybridized carbons (Fsp3) is 0.167. The second-order valence-corrected chi connectivity index (χ2v) is 6.85. The lowest BCUT2D eigenvalue weighted by Crippen LogP contribution is -2.34. The number of nitrogens with one attached hydrogen (secondary N) is 2. The zero-order valence-corrected chi connectivity index (χ0v) is 14.1. The predicted molar refractivity (Wildman–Crippen MR) is 92.7 cm³/mol. The van der Waals surface area contributed by atoms with Crippen molar-refractivity contribution < 1.29 is 13.2 Å². The highest BCUT2D eigenvalue weighted by Gasteiger charge is 2.12. The molecule has 0 aliphatic heterocycles. The maximum absolute atomic E-state index is 12.0. The summed E-state index contributed by atoms with van der Waals surface area (Å²) in [6, 6.07) is 15.7. The molecule has 0 fully saturated rings. The number of rotatable bonds is 5. The molecule has 0 saturated carbocycles. The van der Waals surface area contributed by atoms with Crippen LogP contribution in [0.4, 0.5) is 0 Å². The molecule has 0 saturated heterocycles. The van der Waals surface area contributed by atoms with E-state index in [4.69, 9.17) is 0 Å². The van der Waals surface area contributed by atoms with Crippen LogP contribution in [-0.4, -0.2) is 27.4 Å². The molecule has 2 rings (SSSR count). The van der Waals surface area contributed by atoms with Gasteiger partial charge in [0, 0.05) is 24.6 Å². The van der Waals surface area contributed by atoms with Gasteiger partial charge in [0.2, 0.25) is 10.0 Å². The number of hydrogen-bond donors (Lipinski definition) is 2. The molecule has 2 aromatic rings. The Kier molecular flexibility index (Phi) is 6.13. The summed E-state index contributed by atoms with van der Waals surface area (Å²) in [4.78, 5) is 11.8. The number of carbonyl (C=O) groups excluding carboxylic acids is 1. The highest BCUT2D eigenvalue weighted by molar-refractivity contribution is 7.89. The first kappa shape index (κ1) is 17.7. The summed E-state index contributed by atoms with van der Waals surface area (Å²) in [6.07, 6.45) is 0. The average Bonchev–Trinajstić information content (AvgIpc) is 2.58. The van der Waals surface area contributed by atoms with Gasteiger partial charge in [-0.05, 0) is 31.2 Å². The van der Waals surface area contributed by atoms with E-state index >= 15 is 0 Å². The van der Waals surface area contributed by atoms with Gasteiger partial charge in [-0.15, -0.1) is 0 Å². The smallest absolute Gasteiger partial charge is 0.296 e. The van der Waals surface area contributed by atoms with Gasteiger partial charge in [-0.2, -0.15) is 0 Å². The van der Waals surface area contributed by atoms with E-state index in [0.717, 1.165) is 11.1 Å². The van der Waals surface area contributed by atoms with Gasteiger partial charge in [-0.3, -0.25) is 4.79 Å². The van der Waals surface area contributed by atoms with E-state index in [1.54, 1.807) is 36.4 Å². The molecule has 2 N–H and O–H groups in total. The van der Waals surface area contributed by atoms with Crippen molar-refractivity contribution in [3.8, 4) is 11.8 Å². The maximum Gasteiger partial charge on any atom is 0.296 e. The van der Waals surface area contributed by atoms with Crippen molar-refractivity contribution in [2.75, 3.05) is 13.1 Å². The van der Waals surface area contributed by atoms with Crippen LogP contribution in [0.15, 0.2) is 59.5 Å². The van der Waals surface area contributed by atoms with Gasteiger partial charge in [0.05, 0.1) is 4.90 Å². The maximum atomic E-state index is 12.0. The Balaban J connectivity index is 1.79. The fourth-order valence-corrected chi connectivity index (χ4v) is 2.89. The van der Waals surface area contributed by atoms with E-state index in [2.05, 4.69) is 21.9 Å². The lowest BCUT2D eigenvalue weighted by Gasteiger charge is -2.07. The van der Waals surface area contributed by atoms with Crippen molar-refractivity contribution in [2.45, 2.75) is 11.8 Å². The summed E-state index contributed by atoms with van der Waals surface area (Å²) in [5.41, 5.74) is 1.73. The summed E-state index contributed by atoms with van der Waals surface area (Å²) in [5, 5.41) is 2.55. The minimum Gasteiger partial charge on any atom is -0.344 e. The standard InChI is InChI=1S/C18H18N2O3S/c1-15-7-10-17(11-8-15)24(22,23)20-14-13-19-18(21)12-9-16-5-3-2-4-6-16/h2-8,10-11,20H,13-14H2,1H3,(H,19,21). The lowest BCUT2D eigenvalue weighted by atomic mass is 10.2. The third kappa shape index (κ3) is 5.54. The Morgan fingerprint density at radius 2 is 1.67 bits per heavy atom.